The van der Waals surface area contributed by atoms with E-state index in [1.807, 2.05) is 24.3 Å². The molecule has 1 heterocycles. The number of hydrogen-bond donors (Lipinski definition) is 1. The Kier molecular flexibility index (Phi) is 5.45. The van der Waals surface area contributed by atoms with Crippen LogP contribution in [-0.4, -0.2) is 30.9 Å². The number of pyridine rings is 1. The van der Waals surface area contributed by atoms with Gasteiger partial charge < -0.3 is 14.8 Å². The number of anilines is 1. The zero-order valence-corrected chi connectivity index (χ0v) is 12.6. The summed E-state index contributed by atoms with van der Waals surface area (Å²) in [6.45, 7) is 0. The van der Waals surface area contributed by atoms with E-state index in [2.05, 4.69) is 10.3 Å². The molecule has 0 fully saturated rings. The van der Waals surface area contributed by atoms with Crippen LogP contribution < -0.4 is 14.8 Å². The van der Waals surface area contributed by atoms with Crippen LogP contribution in [0.5, 0.6) is 11.6 Å². The second kappa shape index (κ2) is 7.54. The van der Waals surface area contributed by atoms with E-state index in [9.17, 15) is 4.79 Å². The third-order valence-electron chi connectivity index (χ3n) is 2.66. The molecule has 6 heteroatoms. The lowest BCUT2D eigenvalue weighted by molar-refractivity contribution is -0.113. The van der Waals surface area contributed by atoms with E-state index in [-0.39, 0.29) is 5.91 Å². The van der Waals surface area contributed by atoms with E-state index < -0.39 is 0 Å². The molecule has 1 amide bonds. The van der Waals surface area contributed by atoms with Crippen LogP contribution >= 0.6 is 11.8 Å². The number of methoxy groups -OCH3 is 2. The summed E-state index contributed by atoms with van der Waals surface area (Å²) in [5, 5.41) is 2.78. The molecule has 1 N–H and O–H groups in total. The van der Waals surface area contributed by atoms with E-state index in [1.165, 1.54) is 11.8 Å². The number of thioether (sulfide) groups is 1. The van der Waals surface area contributed by atoms with Crippen LogP contribution in [0.15, 0.2) is 47.5 Å². The maximum atomic E-state index is 11.8. The molecule has 0 unspecified atom stereocenters. The molecular weight excluding hydrogens is 288 g/mol. The Morgan fingerprint density at radius 1 is 1.14 bits per heavy atom. The molecule has 0 aliphatic carbocycles. The molecule has 1 aromatic carbocycles. The lowest BCUT2D eigenvalue weighted by Gasteiger charge is -2.06. The average Bonchev–Trinajstić information content (AvgIpc) is 2.54. The van der Waals surface area contributed by atoms with Gasteiger partial charge in [-0.3, -0.25) is 4.79 Å². The first-order chi connectivity index (χ1) is 10.2. The van der Waals surface area contributed by atoms with E-state index >= 15 is 0 Å². The molecular formula is C15H16N2O3S. The summed E-state index contributed by atoms with van der Waals surface area (Å²) < 4.78 is 10.0. The maximum Gasteiger partial charge on any atom is 0.234 e. The number of nitrogens with one attached hydrogen (secondary N) is 1. The first-order valence-electron chi connectivity index (χ1n) is 6.28. The monoisotopic (exact) mass is 304 g/mol. The fourth-order valence-electron chi connectivity index (χ4n) is 1.59. The quantitative estimate of drug-likeness (QED) is 0.832. The zero-order chi connectivity index (χ0) is 15.1. The zero-order valence-electron chi connectivity index (χ0n) is 11.8. The topological polar surface area (TPSA) is 60.5 Å². The highest BCUT2D eigenvalue weighted by atomic mass is 32.2. The van der Waals surface area contributed by atoms with Gasteiger partial charge in [0.25, 0.3) is 0 Å². The smallest absolute Gasteiger partial charge is 0.234 e. The third-order valence-corrected chi connectivity index (χ3v) is 3.67. The van der Waals surface area contributed by atoms with Gasteiger partial charge in [-0.15, -0.1) is 11.8 Å². The van der Waals surface area contributed by atoms with Crippen molar-refractivity contribution in [1.29, 1.82) is 0 Å². The van der Waals surface area contributed by atoms with Crippen molar-refractivity contribution in [3.63, 3.8) is 0 Å². The van der Waals surface area contributed by atoms with Crippen LogP contribution in [0.1, 0.15) is 0 Å². The van der Waals surface area contributed by atoms with Crippen molar-refractivity contribution >= 4 is 23.4 Å². The average molecular weight is 304 g/mol. The van der Waals surface area contributed by atoms with E-state index in [1.54, 1.807) is 32.5 Å². The van der Waals surface area contributed by atoms with Gasteiger partial charge in [-0.25, -0.2) is 4.98 Å². The highest BCUT2D eigenvalue weighted by Gasteiger charge is 2.04. The Bertz CT molecular complexity index is 585. The molecule has 2 aromatic rings. The Morgan fingerprint density at radius 2 is 1.90 bits per heavy atom. The summed E-state index contributed by atoms with van der Waals surface area (Å²) >= 11 is 1.46. The fraction of sp³-hybridized carbons (Fsp3) is 0.200. The van der Waals surface area contributed by atoms with Gasteiger partial charge in [0.2, 0.25) is 11.8 Å². The van der Waals surface area contributed by atoms with Crippen molar-refractivity contribution in [3.8, 4) is 11.6 Å². The number of aromatic nitrogens is 1. The maximum absolute atomic E-state index is 11.8. The van der Waals surface area contributed by atoms with Gasteiger partial charge in [0, 0.05) is 11.0 Å². The number of ether oxygens (including phenoxy) is 2. The highest BCUT2D eigenvalue weighted by molar-refractivity contribution is 8.00. The summed E-state index contributed by atoms with van der Waals surface area (Å²) in [6, 6.07) is 11.0. The Morgan fingerprint density at radius 3 is 2.48 bits per heavy atom. The molecule has 110 valence electrons. The largest absolute Gasteiger partial charge is 0.497 e. The van der Waals surface area contributed by atoms with Crippen LogP contribution in [-0.2, 0) is 4.79 Å². The molecule has 0 atom stereocenters. The number of benzene rings is 1. The molecule has 0 aliphatic heterocycles. The molecule has 21 heavy (non-hydrogen) atoms. The minimum Gasteiger partial charge on any atom is -0.497 e. The second-order valence-corrected chi connectivity index (χ2v) is 5.15. The van der Waals surface area contributed by atoms with E-state index in [4.69, 9.17) is 9.47 Å². The first kappa shape index (κ1) is 15.2. The van der Waals surface area contributed by atoms with Crippen molar-refractivity contribution in [2.75, 3.05) is 25.3 Å². The number of nitrogens with zero attached hydrogens (tertiary/aromatic N) is 1. The number of rotatable bonds is 6. The Hall–Kier alpha value is -2.21. The van der Waals surface area contributed by atoms with Gasteiger partial charge in [0.15, 0.2) is 0 Å². The molecule has 0 radical (unpaired) electrons. The number of amides is 1. The Labute approximate surface area is 127 Å². The standard InChI is InChI=1S/C15H16N2O3S/c1-19-12-4-6-13(7-5-12)21-10-14(18)17-11-3-8-15(20-2)16-9-11/h3-9H,10H2,1-2H3,(H,17,18). The normalized spacial score (nSPS) is 10.0. The van der Waals surface area contributed by atoms with Crippen LogP contribution in [0.25, 0.3) is 0 Å². The lowest BCUT2D eigenvalue weighted by Crippen LogP contribution is -2.14. The van der Waals surface area contributed by atoms with Crippen LogP contribution in [0.3, 0.4) is 0 Å². The molecule has 2 rings (SSSR count). The summed E-state index contributed by atoms with van der Waals surface area (Å²) in [4.78, 5) is 16.9. The van der Waals surface area contributed by atoms with E-state index in [0.29, 0.717) is 17.3 Å². The van der Waals surface area contributed by atoms with Crippen LogP contribution in [0.4, 0.5) is 5.69 Å². The Balaban J connectivity index is 1.83. The van der Waals surface area contributed by atoms with Gasteiger partial charge in [0.05, 0.1) is 31.9 Å². The van der Waals surface area contributed by atoms with Gasteiger partial charge in [-0.2, -0.15) is 0 Å². The summed E-state index contributed by atoms with van der Waals surface area (Å²) in [5.41, 5.74) is 0.649. The molecule has 0 bridgehead atoms. The van der Waals surface area contributed by atoms with E-state index in [0.717, 1.165) is 10.6 Å². The third kappa shape index (κ3) is 4.68. The summed E-state index contributed by atoms with van der Waals surface area (Å²) in [7, 11) is 3.17. The summed E-state index contributed by atoms with van der Waals surface area (Å²) in [5.74, 6) is 1.56. The first-order valence-corrected chi connectivity index (χ1v) is 7.26. The SMILES string of the molecule is COc1ccc(SCC(=O)Nc2ccc(OC)nc2)cc1. The second-order valence-electron chi connectivity index (χ2n) is 4.10. The summed E-state index contributed by atoms with van der Waals surface area (Å²) in [6.07, 6.45) is 1.56. The van der Waals surface area contributed by atoms with Crippen molar-refractivity contribution < 1.29 is 14.3 Å². The fourth-order valence-corrected chi connectivity index (χ4v) is 2.29. The van der Waals surface area contributed by atoms with Crippen molar-refractivity contribution in [3.05, 3.63) is 42.6 Å². The molecule has 1 aromatic heterocycles. The van der Waals surface area contributed by atoms with Gasteiger partial charge in [0.1, 0.15) is 5.75 Å². The number of carbonyl (C=O) groups excluding carboxylic acids is 1. The highest BCUT2D eigenvalue weighted by Crippen LogP contribution is 2.21. The van der Waals surface area contributed by atoms with Crippen molar-refractivity contribution in [2.45, 2.75) is 4.90 Å². The minimum absolute atomic E-state index is 0.0808. The van der Waals surface area contributed by atoms with Gasteiger partial charge in [-0.05, 0) is 30.3 Å². The number of hydrogen-bond acceptors (Lipinski definition) is 5. The molecule has 5 nitrogen and oxygen atoms in total. The predicted octanol–water partition coefficient (Wildman–Crippen LogP) is 2.83. The van der Waals surface area contributed by atoms with Crippen LogP contribution in [0, 0.1) is 0 Å². The molecule has 0 saturated heterocycles. The predicted molar refractivity (Wildman–Crippen MR) is 83.1 cm³/mol. The van der Waals surface area contributed by atoms with Crippen molar-refractivity contribution in [1.82, 2.24) is 4.98 Å². The minimum atomic E-state index is -0.0808. The molecule has 0 saturated carbocycles. The van der Waals surface area contributed by atoms with Crippen molar-refractivity contribution in [2.24, 2.45) is 0 Å². The molecule has 0 aliphatic rings. The number of carbonyl (C=O) groups is 1. The van der Waals surface area contributed by atoms with Gasteiger partial charge >= 0.3 is 0 Å². The lowest BCUT2D eigenvalue weighted by atomic mass is 10.3. The molecule has 0 spiro atoms. The van der Waals surface area contributed by atoms with Crippen LogP contribution in [0.2, 0.25) is 0 Å². The van der Waals surface area contributed by atoms with Gasteiger partial charge in [-0.1, -0.05) is 0 Å².